The summed E-state index contributed by atoms with van der Waals surface area (Å²) < 4.78 is 4.84. The van der Waals surface area contributed by atoms with Crippen LogP contribution in [0.1, 0.15) is 29.8 Å². The molecule has 2 rings (SSSR count). The van der Waals surface area contributed by atoms with Gasteiger partial charge in [-0.1, -0.05) is 26.5 Å². The number of hydrogen-bond donors (Lipinski definition) is 0. The standard InChI is InChI=1S/C14H17NO2/c1-9-14(2,3)12-10(13(16)17-5)7-6-8-11(12)15(9)4/h6-8H,1H2,2-5H3. The van der Waals surface area contributed by atoms with E-state index in [1.54, 1.807) is 6.07 Å². The molecule has 0 amide bonds. The first-order chi connectivity index (χ1) is 7.91. The SMILES string of the molecule is C=C1N(C)c2cccc(C(=O)OC)c2C1(C)C. The van der Waals surface area contributed by atoms with E-state index in [9.17, 15) is 4.79 Å². The van der Waals surface area contributed by atoms with Crippen molar-refractivity contribution in [2.75, 3.05) is 19.1 Å². The molecule has 1 aliphatic heterocycles. The van der Waals surface area contributed by atoms with Crippen molar-refractivity contribution >= 4 is 11.7 Å². The van der Waals surface area contributed by atoms with Gasteiger partial charge in [0, 0.05) is 29.4 Å². The van der Waals surface area contributed by atoms with Crippen LogP contribution in [-0.4, -0.2) is 20.1 Å². The Morgan fingerprint density at radius 2 is 2.06 bits per heavy atom. The van der Waals surface area contributed by atoms with E-state index < -0.39 is 0 Å². The Kier molecular flexibility index (Phi) is 2.49. The molecule has 17 heavy (non-hydrogen) atoms. The number of carbonyl (C=O) groups is 1. The van der Waals surface area contributed by atoms with Crippen LogP contribution in [-0.2, 0) is 10.2 Å². The van der Waals surface area contributed by atoms with Crippen molar-refractivity contribution in [3.8, 4) is 0 Å². The first-order valence-electron chi connectivity index (χ1n) is 5.56. The molecule has 1 aliphatic rings. The maximum atomic E-state index is 11.8. The van der Waals surface area contributed by atoms with Gasteiger partial charge in [0.15, 0.2) is 0 Å². The Morgan fingerprint density at radius 1 is 1.41 bits per heavy atom. The van der Waals surface area contributed by atoms with Crippen molar-refractivity contribution in [3.63, 3.8) is 0 Å². The van der Waals surface area contributed by atoms with E-state index in [0.717, 1.165) is 16.9 Å². The molecule has 3 nitrogen and oxygen atoms in total. The van der Waals surface area contributed by atoms with Gasteiger partial charge < -0.3 is 9.64 Å². The molecular weight excluding hydrogens is 214 g/mol. The van der Waals surface area contributed by atoms with Crippen molar-refractivity contribution in [2.45, 2.75) is 19.3 Å². The first kappa shape index (κ1) is 11.7. The Bertz CT molecular complexity index is 503. The van der Waals surface area contributed by atoms with Crippen molar-refractivity contribution in [1.29, 1.82) is 0 Å². The van der Waals surface area contributed by atoms with Gasteiger partial charge in [0.25, 0.3) is 0 Å². The zero-order valence-electron chi connectivity index (χ0n) is 10.7. The Morgan fingerprint density at radius 3 is 2.65 bits per heavy atom. The fourth-order valence-corrected chi connectivity index (χ4v) is 2.47. The number of methoxy groups -OCH3 is 1. The van der Waals surface area contributed by atoms with Crippen LogP contribution < -0.4 is 4.90 Å². The summed E-state index contributed by atoms with van der Waals surface area (Å²) in [5.74, 6) is -0.293. The average Bonchev–Trinajstić information content (AvgIpc) is 2.50. The van der Waals surface area contributed by atoms with Gasteiger partial charge in [-0.15, -0.1) is 0 Å². The zero-order valence-corrected chi connectivity index (χ0v) is 10.7. The number of fused-ring (bicyclic) bond motifs is 1. The molecule has 0 aliphatic carbocycles. The van der Waals surface area contributed by atoms with Crippen LogP contribution in [0, 0.1) is 0 Å². The molecule has 0 atom stereocenters. The summed E-state index contributed by atoms with van der Waals surface area (Å²) in [7, 11) is 3.37. The van der Waals surface area contributed by atoms with Gasteiger partial charge in [-0.3, -0.25) is 0 Å². The summed E-state index contributed by atoms with van der Waals surface area (Å²) in [4.78, 5) is 13.8. The minimum atomic E-state index is -0.293. The van der Waals surface area contributed by atoms with E-state index in [0.29, 0.717) is 5.56 Å². The predicted octanol–water partition coefficient (Wildman–Crippen LogP) is 2.71. The third kappa shape index (κ3) is 1.46. The lowest BCUT2D eigenvalue weighted by molar-refractivity contribution is 0.0598. The number of esters is 1. The normalized spacial score (nSPS) is 16.9. The molecule has 0 bridgehead atoms. The molecule has 90 valence electrons. The lowest BCUT2D eigenvalue weighted by Gasteiger charge is -2.23. The number of hydrogen-bond acceptors (Lipinski definition) is 3. The van der Waals surface area contributed by atoms with Crippen LogP contribution in [0.4, 0.5) is 5.69 Å². The zero-order chi connectivity index (χ0) is 12.8. The molecule has 0 fully saturated rings. The van der Waals surface area contributed by atoms with Gasteiger partial charge in [0.2, 0.25) is 0 Å². The summed E-state index contributed by atoms with van der Waals surface area (Å²) >= 11 is 0. The van der Waals surface area contributed by atoms with Gasteiger partial charge in [-0.25, -0.2) is 4.79 Å². The van der Waals surface area contributed by atoms with Gasteiger partial charge in [0.05, 0.1) is 12.7 Å². The van der Waals surface area contributed by atoms with Crippen LogP contribution in [0.2, 0.25) is 0 Å². The second-order valence-corrected chi connectivity index (χ2v) is 4.82. The lowest BCUT2D eigenvalue weighted by Crippen LogP contribution is -2.23. The van der Waals surface area contributed by atoms with E-state index >= 15 is 0 Å². The van der Waals surface area contributed by atoms with Crippen LogP contribution >= 0.6 is 0 Å². The monoisotopic (exact) mass is 231 g/mol. The topological polar surface area (TPSA) is 29.5 Å². The van der Waals surface area contributed by atoms with Gasteiger partial charge in [-0.2, -0.15) is 0 Å². The maximum Gasteiger partial charge on any atom is 0.338 e. The highest BCUT2D eigenvalue weighted by atomic mass is 16.5. The van der Waals surface area contributed by atoms with E-state index in [2.05, 4.69) is 20.4 Å². The van der Waals surface area contributed by atoms with Crippen molar-refractivity contribution in [2.24, 2.45) is 0 Å². The third-order valence-electron chi connectivity index (χ3n) is 3.56. The third-order valence-corrected chi connectivity index (χ3v) is 3.56. The Labute approximate surface area is 102 Å². The molecule has 0 aromatic heterocycles. The summed E-state index contributed by atoms with van der Waals surface area (Å²) in [6, 6.07) is 5.68. The van der Waals surface area contributed by atoms with E-state index in [1.807, 2.05) is 24.1 Å². The number of carbonyl (C=O) groups excluding carboxylic acids is 1. The predicted molar refractivity (Wildman–Crippen MR) is 68.4 cm³/mol. The molecule has 0 saturated carbocycles. The molecule has 3 heteroatoms. The molecular formula is C14H17NO2. The van der Waals surface area contributed by atoms with Crippen molar-refractivity contribution in [1.82, 2.24) is 0 Å². The van der Waals surface area contributed by atoms with Gasteiger partial charge >= 0.3 is 5.97 Å². The number of anilines is 1. The fourth-order valence-electron chi connectivity index (χ4n) is 2.47. The van der Waals surface area contributed by atoms with Crippen molar-refractivity contribution in [3.05, 3.63) is 41.6 Å². The number of nitrogens with zero attached hydrogens (tertiary/aromatic N) is 1. The van der Waals surface area contributed by atoms with Gasteiger partial charge in [0.1, 0.15) is 0 Å². The quantitative estimate of drug-likeness (QED) is 0.696. The highest BCUT2D eigenvalue weighted by Crippen LogP contribution is 2.47. The van der Waals surface area contributed by atoms with E-state index in [-0.39, 0.29) is 11.4 Å². The second kappa shape index (κ2) is 3.62. The highest BCUT2D eigenvalue weighted by molar-refractivity contribution is 5.95. The summed E-state index contributed by atoms with van der Waals surface area (Å²) in [5, 5.41) is 0. The molecule has 1 aromatic carbocycles. The summed E-state index contributed by atoms with van der Waals surface area (Å²) in [5.41, 5.74) is 3.40. The molecule has 1 heterocycles. The molecule has 0 spiro atoms. The molecule has 0 saturated heterocycles. The lowest BCUT2D eigenvalue weighted by atomic mass is 9.81. The molecule has 0 N–H and O–H groups in total. The van der Waals surface area contributed by atoms with E-state index in [4.69, 9.17) is 4.74 Å². The van der Waals surface area contributed by atoms with Crippen molar-refractivity contribution < 1.29 is 9.53 Å². The number of benzene rings is 1. The Balaban J connectivity index is 2.72. The number of allylic oxidation sites excluding steroid dienone is 1. The highest BCUT2D eigenvalue weighted by Gasteiger charge is 2.40. The summed E-state index contributed by atoms with van der Waals surface area (Å²) in [6.45, 7) is 8.25. The molecule has 0 unspecified atom stereocenters. The van der Waals surface area contributed by atoms with Crippen LogP contribution in [0.25, 0.3) is 0 Å². The van der Waals surface area contributed by atoms with Gasteiger partial charge in [-0.05, 0) is 12.1 Å². The fraction of sp³-hybridized carbons (Fsp3) is 0.357. The van der Waals surface area contributed by atoms with Crippen LogP contribution in [0.3, 0.4) is 0 Å². The smallest absolute Gasteiger partial charge is 0.338 e. The Hall–Kier alpha value is -1.77. The number of rotatable bonds is 1. The second-order valence-electron chi connectivity index (χ2n) is 4.82. The minimum Gasteiger partial charge on any atom is -0.465 e. The van der Waals surface area contributed by atoms with E-state index in [1.165, 1.54) is 7.11 Å². The van der Waals surface area contributed by atoms with Crippen LogP contribution in [0.5, 0.6) is 0 Å². The summed E-state index contributed by atoms with van der Waals surface area (Å²) in [6.07, 6.45) is 0. The number of likely N-dealkylation sites (N-methyl/N-ethyl adjacent to an activating group) is 1. The first-order valence-corrected chi connectivity index (χ1v) is 5.56. The maximum absolute atomic E-state index is 11.8. The molecule has 0 radical (unpaired) electrons. The average molecular weight is 231 g/mol. The number of ether oxygens (including phenoxy) is 1. The molecule has 1 aromatic rings. The minimum absolute atomic E-state index is 0.241. The largest absolute Gasteiger partial charge is 0.465 e. The van der Waals surface area contributed by atoms with Crippen LogP contribution in [0.15, 0.2) is 30.5 Å².